The largest absolute Gasteiger partial charge is 0.200 e. The molecule has 0 atom stereocenters. The summed E-state index contributed by atoms with van der Waals surface area (Å²) in [5, 5.41) is 9.34. The monoisotopic (exact) mass is 115 g/mol. The molecular weight excluding hydrogens is 104 g/mol. The molecule has 0 fully saturated rings. The molecule has 0 aromatic rings. The fraction of sp³-hybridized carbons (Fsp3) is 0.667. The van der Waals surface area contributed by atoms with Crippen LogP contribution in [0.3, 0.4) is 0 Å². The van der Waals surface area contributed by atoms with Gasteiger partial charge in [0, 0.05) is 0 Å². The van der Waals surface area contributed by atoms with Crippen LogP contribution in [0.4, 0.5) is 0 Å². The van der Waals surface area contributed by atoms with Gasteiger partial charge in [-0.05, 0) is 11.7 Å². The van der Waals surface area contributed by atoms with E-state index in [-0.39, 0.29) is 6.61 Å². The molecule has 0 aromatic carbocycles. The van der Waals surface area contributed by atoms with Gasteiger partial charge in [-0.2, -0.15) is 4.89 Å². The number of hydrogen-bond acceptors (Lipinski definition) is 1. The minimum Gasteiger partial charge on any atom is -0.200 e. The number of rotatable bonds is 4. The van der Waals surface area contributed by atoms with Crippen LogP contribution in [-0.4, -0.2) is 6.61 Å². The van der Waals surface area contributed by atoms with E-state index in [0.717, 1.165) is 12.8 Å². The molecule has 0 amide bonds. The fourth-order valence-corrected chi connectivity index (χ4v) is 0.392. The van der Waals surface area contributed by atoms with Gasteiger partial charge in [0.2, 0.25) is 0 Å². The summed E-state index contributed by atoms with van der Waals surface area (Å²) in [4.78, 5) is 3.55. The molecule has 0 aliphatic rings. The lowest BCUT2D eigenvalue weighted by Gasteiger charge is -1.82. The average Bonchev–Trinajstić information content (AvgIpc) is 1.81. The zero-order valence-corrected chi connectivity index (χ0v) is 5.09. The van der Waals surface area contributed by atoms with Crippen LogP contribution in [0, 0.1) is 0 Å². The molecular formula is C6H11O2. The molecule has 0 saturated heterocycles. The topological polar surface area (TPSA) is 29.1 Å². The maximum absolute atomic E-state index is 9.34. The van der Waals surface area contributed by atoms with Crippen LogP contribution in [0.15, 0.2) is 12.2 Å². The molecule has 0 N–H and O–H groups in total. The van der Waals surface area contributed by atoms with E-state index in [0.29, 0.717) is 0 Å². The highest BCUT2D eigenvalue weighted by Gasteiger charge is 1.73. The molecule has 0 aliphatic heterocycles. The molecule has 0 aliphatic carbocycles. The van der Waals surface area contributed by atoms with E-state index in [4.69, 9.17) is 0 Å². The zero-order valence-electron chi connectivity index (χ0n) is 5.09. The van der Waals surface area contributed by atoms with Crippen molar-refractivity contribution in [2.24, 2.45) is 0 Å². The Balaban J connectivity index is 2.83. The zero-order chi connectivity index (χ0) is 6.24. The summed E-state index contributed by atoms with van der Waals surface area (Å²) in [6.45, 7) is 2.28. The molecule has 1 radical (unpaired) electrons. The number of unbranched alkanes of at least 4 members (excludes halogenated alkanes) is 1. The van der Waals surface area contributed by atoms with E-state index in [1.165, 1.54) is 0 Å². The summed E-state index contributed by atoms with van der Waals surface area (Å²) >= 11 is 0. The van der Waals surface area contributed by atoms with Crippen LogP contribution < -0.4 is 0 Å². The lowest BCUT2D eigenvalue weighted by atomic mass is 10.3. The van der Waals surface area contributed by atoms with Gasteiger partial charge in [0.1, 0.15) is 6.61 Å². The Hall–Kier alpha value is -0.340. The smallest absolute Gasteiger partial charge is 0.104 e. The summed E-state index contributed by atoms with van der Waals surface area (Å²) in [7, 11) is 0. The van der Waals surface area contributed by atoms with Crippen molar-refractivity contribution in [3.63, 3.8) is 0 Å². The minimum atomic E-state index is 0.194. The Morgan fingerprint density at radius 2 is 2.25 bits per heavy atom. The number of allylic oxidation sites excluding steroid dienone is 1. The van der Waals surface area contributed by atoms with Crippen molar-refractivity contribution in [1.82, 2.24) is 0 Å². The third-order valence-corrected chi connectivity index (χ3v) is 0.786. The molecule has 8 heavy (non-hydrogen) atoms. The van der Waals surface area contributed by atoms with Crippen LogP contribution in [0.25, 0.3) is 0 Å². The third kappa shape index (κ3) is 5.66. The van der Waals surface area contributed by atoms with Gasteiger partial charge in [0.25, 0.3) is 0 Å². The van der Waals surface area contributed by atoms with Crippen molar-refractivity contribution in [2.45, 2.75) is 19.8 Å². The lowest BCUT2D eigenvalue weighted by Crippen LogP contribution is -1.78. The second-order valence-corrected chi connectivity index (χ2v) is 1.54. The van der Waals surface area contributed by atoms with Crippen molar-refractivity contribution in [3.05, 3.63) is 12.2 Å². The first-order valence-corrected chi connectivity index (χ1v) is 2.81. The molecule has 2 heteroatoms. The fourth-order valence-electron chi connectivity index (χ4n) is 0.392. The van der Waals surface area contributed by atoms with Gasteiger partial charge in [-0.1, -0.05) is 25.5 Å². The van der Waals surface area contributed by atoms with Gasteiger partial charge in [-0.25, -0.2) is 0 Å². The molecule has 0 unspecified atom stereocenters. The van der Waals surface area contributed by atoms with Gasteiger partial charge >= 0.3 is 0 Å². The van der Waals surface area contributed by atoms with Crippen molar-refractivity contribution < 1.29 is 10.1 Å². The first-order valence-electron chi connectivity index (χ1n) is 2.81. The average molecular weight is 115 g/mol. The van der Waals surface area contributed by atoms with Gasteiger partial charge in [0.15, 0.2) is 0 Å². The molecule has 0 saturated carbocycles. The lowest BCUT2D eigenvalue weighted by molar-refractivity contribution is -0.294. The second kappa shape index (κ2) is 6.66. The SMILES string of the molecule is CCCC=CCO[O]. The van der Waals surface area contributed by atoms with E-state index in [2.05, 4.69) is 11.8 Å². The first-order chi connectivity index (χ1) is 3.91. The van der Waals surface area contributed by atoms with Gasteiger partial charge < -0.3 is 0 Å². The second-order valence-electron chi connectivity index (χ2n) is 1.54. The summed E-state index contributed by atoms with van der Waals surface area (Å²) in [6, 6.07) is 0. The van der Waals surface area contributed by atoms with E-state index in [1.54, 1.807) is 6.08 Å². The van der Waals surface area contributed by atoms with E-state index in [1.807, 2.05) is 6.08 Å². The van der Waals surface area contributed by atoms with Crippen molar-refractivity contribution in [2.75, 3.05) is 6.61 Å². The van der Waals surface area contributed by atoms with E-state index >= 15 is 0 Å². The Morgan fingerprint density at radius 1 is 1.50 bits per heavy atom. The summed E-state index contributed by atoms with van der Waals surface area (Å²) in [6.07, 6.45) is 5.83. The highest BCUT2D eigenvalue weighted by atomic mass is 17.1. The van der Waals surface area contributed by atoms with Crippen LogP contribution in [0.2, 0.25) is 0 Å². The third-order valence-electron chi connectivity index (χ3n) is 0.786. The summed E-state index contributed by atoms with van der Waals surface area (Å²) in [5.74, 6) is 0. The Labute approximate surface area is 49.7 Å². The standard InChI is InChI=1S/C6H11O2/c1-2-3-4-5-6-8-7/h4-5H,2-3,6H2,1H3. The van der Waals surface area contributed by atoms with Crippen LogP contribution in [-0.2, 0) is 10.1 Å². The molecule has 0 aromatic heterocycles. The van der Waals surface area contributed by atoms with E-state index < -0.39 is 0 Å². The van der Waals surface area contributed by atoms with Gasteiger partial charge in [-0.3, -0.25) is 0 Å². The van der Waals surface area contributed by atoms with E-state index in [9.17, 15) is 5.26 Å². The summed E-state index contributed by atoms with van der Waals surface area (Å²) < 4.78 is 0. The molecule has 0 heterocycles. The predicted octanol–water partition coefficient (Wildman–Crippen LogP) is 1.70. The van der Waals surface area contributed by atoms with Crippen molar-refractivity contribution >= 4 is 0 Å². The Morgan fingerprint density at radius 3 is 2.75 bits per heavy atom. The van der Waals surface area contributed by atoms with Crippen molar-refractivity contribution in [1.29, 1.82) is 0 Å². The van der Waals surface area contributed by atoms with Gasteiger partial charge in [-0.15, -0.1) is 0 Å². The van der Waals surface area contributed by atoms with Crippen LogP contribution >= 0.6 is 0 Å². The number of hydrogen-bond donors (Lipinski definition) is 0. The van der Waals surface area contributed by atoms with Gasteiger partial charge in [0.05, 0.1) is 0 Å². The Bertz CT molecular complexity index is 51.5. The maximum Gasteiger partial charge on any atom is 0.104 e. The molecule has 2 nitrogen and oxygen atoms in total. The minimum absolute atomic E-state index is 0.194. The molecule has 0 bridgehead atoms. The quantitative estimate of drug-likeness (QED) is 0.311. The Kier molecular flexibility index (Phi) is 6.38. The van der Waals surface area contributed by atoms with Crippen LogP contribution in [0.1, 0.15) is 19.8 Å². The molecule has 0 rings (SSSR count). The molecule has 0 spiro atoms. The first kappa shape index (κ1) is 7.66. The molecule has 47 valence electrons. The highest BCUT2D eigenvalue weighted by Crippen LogP contribution is 1.87. The predicted molar refractivity (Wildman–Crippen MR) is 30.7 cm³/mol. The summed E-state index contributed by atoms with van der Waals surface area (Å²) in [5.41, 5.74) is 0. The normalized spacial score (nSPS) is 10.8. The van der Waals surface area contributed by atoms with Crippen LogP contribution in [0.5, 0.6) is 0 Å². The maximum atomic E-state index is 9.34. The highest BCUT2D eigenvalue weighted by molar-refractivity contribution is 4.79. The van der Waals surface area contributed by atoms with Crippen molar-refractivity contribution in [3.8, 4) is 0 Å².